The van der Waals surface area contributed by atoms with E-state index in [1.165, 1.54) is 48.8 Å². The van der Waals surface area contributed by atoms with Gasteiger partial charge in [-0.2, -0.15) is 8.78 Å². The third-order valence-electron chi connectivity index (χ3n) is 3.85. The number of ether oxygens (including phenoxy) is 2. The highest BCUT2D eigenvalue weighted by molar-refractivity contribution is 8.01. The van der Waals surface area contributed by atoms with Crippen LogP contribution in [0.5, 0.6) is 11.5 Å². The molecular formula is C19H15F2N3O5S2. The summed E-state index contributed by atoms with van der Waals surface area (Å²) in [5.41, 5.74) is 0.738. The van der Waals surface area contributed by atoms with Crippen LogP contribution in [0.2, 0.25) is 0 Å². The first-order chi connectivity index (χ1) is 14.8. The number of alkyl halides is 2. The van der Waals surface area contributed by atoms with Crippen molar-refractivity contribution >= 4 is 40.4 Å². The number of amides is 1. The number of nitro benzene ring substituents is 1. The second-order valence-electron chi connectivity index (χ2n) is 5.99. The summed E-state index contributed by atoms with van der Waals surface area (Å²) in [6.45, 7) is -1.26. The number of nitrogens with zero attached hydrogens (tertiary/aromatic N) is 2. The van der Waals surface area contributed by atoms with Gasteiger partial charge in [0.15, 0.2) is 15.8 Å². The summed E-state index contributed by atoms with van der Waals surface area (Å²) in [5.74, 6) is -0.850. The van der Waals surface area contributed by atoms with Gasteiger partial charge < -0.3 is 14.8 Å². The monoisotopic (exact) mass is 467 g/mol. The Bertz CT molecular complexity index is 1120. The number of thiazole rings is 1. The van der Waals surface area contributed by atoms with Crippen LogP contribution in [0.15, 0.2) is 51.0 Å². The maximum absolute atomic E-state index is 12.6. The van der Waals surface area contributed by atoms with E-state index in [0.29, 0.717) is 9.24 Å². The number of rotatable bonds is 8. The van der Waals surface area contributed by atoms with Gasteiger partial charge >= 0.3 is 6.61 Å². The molecule has 0 spiro atoms. The van der Waals surface area contributed by atoms with Crippen LogP contribution in [0, 0.1) is 17.0 Å². The number of hydrogen-bond acceptors (Lipinski definition) is 8. The molecule has 162 valence electrons. The predicted octanol–water partition coefficient (Wildman–Crippen LogP) is 5.37. The lowest BCUT2D eigenvalue weighted by molar-refractivity contribution is -0.387. The highest BCUT2D eigenvalue weighted by Crippen LogP contribution is 2.37. The van der Waals surface area contributed by atoms with Crippen molar-refractivity contribution in [3.63, 3.8) is 0 Å². The van der Waals surface area contributed by atoms with Crippen molar-refractivity contribution in [3.8, 4) is 11.5 Å². The van der Waals surface area contributed by atoms with Gasteiger partial charge in [-0.05, 0) is 31.2 Å². The van der Waals surface area contributed by atoms with E-state index in [0.717, 1.165) is 23.5 Å². The average Bonchev–Trinajstić information content (AvgIpc) is 3.12. The van der Waals surface area contributed by atoms with Crippen LogP contribution < -0.4 is 14.8 Å². The first kappa shape index (κ1) is 22.4. The molecule has 0 fully saturated rings. The molecule has 0 unspecified atom stereocenters. The molecule has 0 aliphatic heterocycles. The van der Waals surface area contributed by atoms with E-state index in [2.05, 4.69) is 15.0 Å². The molecule has 0 saturated heterocycles. The molecule has 3 aromatic rings. The van der Waals surface area contributed by atoms with Gasteiger partial charge in [0.2, 0.25) is 0 Å². The Morgan fingerprint density at radius 3 is 2.65 bits per heavy atom. The number of carbonyl (C=O) groups excluding carboxylic acids is 1. The van der Waals surface area contributed by atoms with Crippen LogP contribution in [-0.4, -0.2) is 29.5 Å². The van der Waals surface area contributed by atoms with Crippen molar-refractivity contribution < 1.29 is 28.0 Å². The quantitative estimate of drug-likeness (QED) is 0.351. The summed E-state index contributed by atoms with van der Waals surface area (Å²) in [4.78, 5) is 28.1. The molecule has 0 bridgehead atoms. The lowest BCUT2D eigenvalue weighted by Crippen LogP contribution is -2.13. The predicted molar refractivity (Wildman–Crippen MR) is 112 cm³/mol. The van der Waals surface area contributed by atoms with Crippen molar-refractivity contribution in [2.45, 2.75) is 22.8 Å². The van der Waals surface area contributed by atoms with Crippen LogP contribution in [0.4, 0.5) is 20.2 Å². The zero-order valence-corrected chi connectivity index (χ0v) is 17.8. The number of aryl methyl sites for hydroxylation is 1. The van der Waals surface area contributed by atoms with Crippen molar-refractivity contribution in [2.75, 3.05) is 12.4 Å². The van der Waals surface area contributed by atoms with Gasteiger partial charge in [0, 0.05) is 34.5 Å². The number of nitrogens with one attached hydrogen (secondary N) is 1. The van der Waals surface area contributed by atoms with E-state index >= 15 is 0 Å². The van der Waals surface area contributed by atoms with E-state index in [4.69, 9.17) is 4.74 Å². The first-order valence-corrected chi connectivity index (χ1v) is 10.3. The fourth-order valence-electron chi connectivity index (χ4n) is 2.51. The van der Waals surface area contributed by atoms with Crippen LogP contribution in [0.1, 0.15) is 16.1 Å². The highest BCUT2D eigenvalue weighted by Gasteiger charge is 2.20. The zero-order valence-electron chi connectivity index (χ0n) is 16.1. The van der Waals surface area contributed by atoms with Crippen molar-refractivity contribution in [1.82, 2.24) is 4.98 Å². The van der Waals surface area contributed by atoms with Crippen molar-refractivity contribution in [2.24, 2.45) is 0 Å². The molecule has 0 atom stereocenters. The molecule has 8 nitrogen and oxygen atoms in total. The molecule has 12 heteroatoms. The average molecular weight is 467 g/mol. The molecular weight excluding hydrogens is 452 g/mol. The Morgan fingerprint density at radius 1 is 1.26 bits per heavy atom. The zero-order chi connectivity index (χ0) is 22.5. The van der Waals surface area contributed by atoms with Gasteiger partial charge in [-0.3, -0.25) is 14.9 Å². The molecule has 0 aliphatic carbocycles. The van der Waals surface area contributed by atoms with Crippen molar-refractivity contribution in [3.05, 3.63) is 63.1 Å². The van der Waals surface area contributed by atoms with Gasteiger partial charge in [0.25, 0.3) is 11.6 Å². The Hall–Kier alpha value is -3.25. The second kappa shape index (κ2) is 9.71. The summed E-state index contributed by atoms with van der Waals surface area (Å²) < 4.78 is 35.1. The molecule has 1 amide bonds. The molecule has 1 heterocycles. The number of benzene rings is 2. The number of methoxy groups -OCH3 is 1. The Labute approximate surface area is 183 Å². The Kier molecular flexibility index (Phi) is 7.02. The van der Waals surface area contributed by atoms with Crippen LogP contribution in [0.3, 0.4) is 0 Å². The fourth-order valence-corrected chi connectivity index (χ4v) is 4.39. The molecule has 0 aliphatic rings. The molecule has 3 rings (SSSR count). The molecule has 1 N–H and O–H groups in total. The standard InChI is InChI=1S/C19H15F2N3O5S2/c1-10-9-30-19(22-10)31-16-6-3-11(7-13(16)24(26)27)17(25)23-12-4-5-14(28-2)15(8-12)29-18(20)21/h3-9,18H,1-2H3,(H,23,25). The normalized spacial score (nSPS) is 10.7. The van der Waals surface area contributed by atoms with E-state index in [1.54, 1.807) is 0 Å². The lowest BCUT2D eigenvalue weighted by atomic mass is 10.2. The lowest BCUT2D eigenvalue weighted by Gasteiger charge is -2.12. The van der Waals surface area contributed by atoms with Gasteiger partial charge in [0.05, 0.1) is 16.9 Å². The smallest absolute Gasteiger partial charge is 0.387 e. The number of hydrogen-bond donors (Lipinski definition) is 1. The fraction of sp³-hybridized carbons (Fsp3) is 0.158. The third kappa shape index (κ3) is 5.67. The summed E-state index contributed by atoms with van der Waals surface area (Å²) >= 11 is 2.49. The molecule has 2 aromatic carbocycles. The molecule has 1 aromatic heterocycles. The number of nitro groups is 1. The van der Waals surface area contributed by atoms with Crippen molar-refractivity contribution in [1.29, 1.82) is 0 Å². The van der Waals surface area contributed by atoms with Gasteiger partial charge in [0.1, 0.15) is 0 Å². The third-order valence-corrected chi connectivity index (χ3v) is 5.97. The summed E-state index contributed by atoms with van der Waals surface area (Å²) in [6, 6.07) is 8.01. The van der Waals surface area contributed by atoms with Crippen LogP contribution in [-0.2, 0) is 0 Å². The minimum absolute atomic E-state index is 0.0264. The van der Waals surface area contributed by atoms with E-state index < -0.39 is 17.4 Å². The largest absolute Gasteiger partial charge is 0.493 e. The Morgan fingerprint density at radius 2 is 2.03 bits per heavy atom. The number of halogens is 2. The molecule has 31 heavy (non-hydrogen) atoms. The van der Waals surface area contributed by atoms with E-state index in [-0.39, 0.29) is 28.4 Å². The minimum Gasteiger partial charge on any atom is -0.493 e. The summed E-state index contributed by atoms with van der Waals surface area (Å²) in [7, 11) is 1.29. The number of anilines is 1. The molecule has 0 saturated carbocycles. The SMILES string of the molecule is COc1ccc(NC(=O)c2ccc(Sc3nc(C)cs3)c([N+](=O)[O-])c2)cc1OC(F)F. The van der Waals surface area contributed by atoms with Gasteiger partial charge in [-0.15, -0.1) is 11.3 Å². The highest BCUT2D eigenvalue weighted by atomic mass is 32.2. The molecule has 0 radical (unpaired) electrons. The second-order valence-corrected chi connectivity index (χ2v) is 8.14. The van der Waals surface area contributed by atoms with Crippen LogP contribution >= 0.6 is 23.1 Å². The maximum Gasteiger partial charge on any atom is 0.387 e. The number of carbonyl (C=O) groups is 1. The van der Waals surface area contributed by atoms with Gasteiger partial charge in [-0.25, -0.2) is 4.98 Å². The minimum atomic E-state index is -3.07. The van der Waals surface area contributed by atoms with Gasteiger partial charge in [-0.1, -0.05) is 11.8 Å². The van der Waals surface area contributed by atoms with E-state index in [9.17, 15) is 23.7 Å². The summed E-state index contributed by atoms with van der Waals surface area (Å²) in [5, 5.41) is 15.8. The Balaban J connectivity index is 1.83. The van der Waals surface area contributed by atoms with E-state index in [1.807, 2.05) is 12.3 Å². The van der Waals surface area contributed by atoms with Crippen LogP contribution in [0.25, 0.3) is 0 Å². The summed E-state index contributed by atoms with van der Waals surface area (Å²) in [6.07, 6.45) is 0. The maximum atomic E-state index is 12.6. The number of aromatic nitrogens is 1. The first-order valence-electron chi connectivity index (χ1n) is 8.59. The topological polar surface area (TPSA) is 104 Å².